The molecule has 10 heteroatoms. The third-order valence-electron chi connectivity index (χ3n) is 6.97. The number of ether oxygens (including phenoxy) is 2. The zero-order chi connectivity index (χ0) is 26.5. The minimum atomic E-state index is -0.00686. The molecule has 0 spiro atoms. The van der Waals surface area contributed by atoms with Crippen molar-refractivity contribution in [2.45, 2.75) is 64.3 Å². The van der Waals surface area contributed by atoms with E-state index < -0.39 is 0 Å². The number of aryl methyl sites for hydroxylation is 1. The van der Waals surface area contributed by atoms with Gasteiger partial charge >= 0.3 is 6.03 Å². The summed E-state index contributed by atoms with van der Waals surface area (Å²) in [5.41, 5.74) is 5.17. The van der Waals surface area contributed by atoms with Gasteiger partial charge in [-0.25, -0.2) is 14.8 Å². The molecule has 1 aliphatic carbocycles. The summed E-state index contributed by atoms with van der Waals surface area (Å²) < 4.78 is 12.7. The maximum absolute atomic E-state index is 12.9. The van der Waals surface area contributed by atoms with Crippen LogP contribution in [0.1, 0.15) is 50.3 Å². The minimum absolute atomic E-state index is 0.00686. The first kappa shape index (κ1) is 26.1. The van der Waals surface area contributed by atoms with Crippen LogP contribution in [0.3, 0.4) is 0 Å². The maximum Gasteiger partial charge on any atom is 0.318 e. The number of hydrogen-bond acceptors (Lipinski definition) is 7. The lowest BCUT2D eigenvalue weighted by atomic mass is 9.95. The molecule has 0 saturated carbocycles. The Morgan fingerprint density at radius 1 is 1.21 bits per heavy atom. The monoisotopic (exact) mass is 519 g/mol. The Morgan fingerprint density at radius 3 is 2.89 bits per heavy atom. The van der Waals surface area contributed by atoms with Gasteiger partial charge in [-0.3, -0.25) is 4.68 Å². The van der Waals surface area contributed by atoms with Gasteiger partial charge in [0.05, 0.1) is 62.1 Å². The number of aromatic nitrogens is 4. The van der Waals surface area contributed by atoms with Crippen molar-refractivity contribution >= 4 is 17.7 Å². The summed E-state index contributed by atoms with van der Waals surface area (Å²) in [4.78, 5) is 23.9. The van der Waals surface area contributed by atoms with Crippen LogP contribution in [0.15, 0.2) is 42.9 Å². The number of benzene rings is 1. The minimum Gasteiger partial charge on any atom is -0.383 e. The molecule has 10 nitrogen and oxygen atoms in total. The molecule has 38 heavy (non-hydrogen) atoms. The number of urea groups is 1. The summed E-state index contributed by atoms with van der Waals surface area (Å²) in [6.45, 7) is 6.64. The van der Waals surface area contributed by atoms with E-state index in [-0.39, 0.29) is 24.3 Å². The second-order valence-electron chi connectivity index (χ2n) is 10.2. The van der Waals surface area contributed by atoms with Crippen LogP contribution in [0.25, 0.3) is 11.3 Å². The van der Waals surface area contributed by atoms with E-state index in [1.54, 1.807) is 19.5 Å². The van der Waals surface area contributed by atoms with Gasteiger partial charge in [0.2, 0.25) is 5.95 Å². The van der Waals surface area contributed by atoms with Crippen LogP contribution in [0.2, 0.25) is 0 Å². The molecule has 1 atom stereocenters. The molecule has 3 heterocycles. The van der Waals surface area contributed by atoms with Crippen LogP contribution in [0, 0.1) is 0 Å². The van der Waals surface area contributed by atoms with Crippen LogP contribution in [-0.2, 0) is 22.4 Å². The highest BCUT2D eigenvalue weighted by molar-refractivity contribution is 5.76. The zero-order valence-electron chi connectivity index (χ0n) is 22.4. The van der Waals surface area contributed by atoms with Crippen molar-refractivity contribution in [2.24, 2.45) is 0 Å². The summed E-state index contributed by atoms with van der Waals surface area (Å²) >= 11 is 0. The fraction of sp³-hybridized carbons (Fsp3) is 0.500. The maximum atomic E-state index is 12.9. The number of carbonyl (C=O) groups is 1. The van der Waals surface area contributed by atoms with Crippen molar-refractivity contribution in [3.63, 3.8) is 0 Å². The quantitative estimate of drug-likeness (QED) is 0.406. The van der Waals surface area contributed by atoms with E-state index >= 15 is 0 Å². The topological polar surface area (TPSA) is 106 Å². The number of methoxy groups -OCH3 is 1. The van der Waals surface area contributed by atoms with Crippen LogP contribution in [0.4, 0.5) is 16.4 Å². The van der Waals surface area contributed by atoms with Gasteiger partial charge in [0, 0.05) is 25.1 Å². The number of likely N-dealkylation sites (tertiary alicyclic amines) is 1. The highest BCUT2D eigenvalue weighted by Gasteiger charge is 2.33. The SMILES string of the molecule is COCCn1cc(Nc2nccc(-c3ccc4c(c3)CCCC[C@@H]4NC(=O)N3CC(OC(C)C)C3)n2)cn1. The Bertz CT molecular complexity index is 1240. The van der Waals surface area contributed by atoms with Crippen LogP contribution in [-0.4, -0.2) is 69.7 Å². The van der Waals surface area contributed by atoms with E-state index in [1.165, 1.54) is 11.1 Å². The largest absolute Gasteiger partial charge is 0.383 e. The molecule has 3 aromatic rings. The number of rotatable bonds is 9. The molecule has 5 rings (SSSR count). The average Bonchev–Trinajstić information content (AvgIpc) is 3.23. The van der Waals surface area contributed by atoms with Crippen LogP contribution >= 0.6 is 0 Å². The molecule has 1 fully saturated rings. The smallest absolute Gasteiger partial charge is 0.318 e. The Morgan fingerprint density at radius 2 is 2.08 bits per heavy atom. The first-order chi connectivity index (χ1) is 18.5. The fourth-order valence-electron chi connectivity index (χ4n) is 5.05. The molecule has 2 aromatic heterocycles. The Labute approximate surface area is 223 Å². The lowest BCUT2D eigenvalue weighted by Crippen LogP contribution is -2.58. The van der Waals surface area contributed by atoms with Gasteiger partial charge in [-0.1, -0.05) is 18.6 Å². The molecule has 1 saturated heterocycles. The molecule has 0 radical (unpaired) electrons. The van der Waals surface area contributed by atoms with E-state index in [1.807, 2.05) is 35.7 Å². The van der Waals surface area contributed by atoms with E-state index in [0.29, 0.717) is 32.2 Å². The molecule has 0 unspecified atom stereocenters. The predicted octanol–water partition coefficient (Wildman–Crippen LogP) is 4.32. The molecule has 1 aromatic carbocycles. The van der Waals surface area contributed by atoms with Crippen LogP contribution < -0.4 is 10.6 Å². The highest BCUT2D eigenvalue weighted by atomic mass is 16.5. The van der Waals surface area contributed by atoms with Crippen molar-refractivity contribution in [3.8, 4) is 11.3 Å². The van der Waals surface area contributed by atoms with E-state index in [2.05, 4.69) is 38.9 Å². The van der Waals surface area contributed by atoms with E-state index in [9.17, 15) is 4.79 Å². The molecule has 0 bridgehead atoms. The second kappa shape index (κ2) is 11.9. The number of fused-ring (bicyclic) bond motifs is 1. The van der Waals surface area contributed by atoms with Crippen molar-refractivity contribution in [3.05, 3.63) is 54.0 Å². The van der Waals surface area contributed by atoms with Gasteiger partial charge in [0.15, 0.2) is 0 Å². The number of amides is 2. The molecule has 2 amide bonds. The number of carbonyl (C=O) groups excluding carboxylic acids is 1. The number of nitrogens with one attached hydrogen (secondary N) is 2. The van der Waals surface area contributed by atoms with Crippen molar-refractivity contribution in [2.75, 3.05) is 32.1 Å². The standard InChI is InChI=1S/C28H37N7O3/c1-19(2)38-23-17-34(18-23)28(36)33-26-7-5-4-6-20-14-21(8-9-24(20)26)25-10-11-29-27(32-25)31-22-15-30-35(16-22)12-13-37-3/h8-11,14-16,19,23,26H,4-7,12-13,17-18H2,1-3H3,(H,33,36)(H,29,31,32)/t26-/m0/s1. The van der Waals surface area contributed by atoms with Gasteiger partial charge in [-0.05, 0) is 56.4 Å². The third kappa shape index (κ3) is 6.31. The number of hydrogen-bond donors (Lipinski definition) is 2. The van der Waals surface area contributed by atoms with Gasteiger partial charge in [-0.15, -0.1) is 0 Å². The first-order valence-corrected chi connectivity index (χ1v) is 13.4. The molecule has 2 N–H and O–H groups in total. The van der Waals surface area contributed by atoms with Gasteiger partial charge < -0.3 is 25.0 Å². The first-order valence-electron chi connectivity index (χ1n) is 13.4. The fourth-order valence-corrected chi connectivity index (χ4v) is 5.05. The van der Waals surface area contributed by atoms with Gasteiger partial charge in [0.25, 0.3) is 0 Å². The molecular formula is C28H37N7O3. The highest BCUT2D eigenvalue weighted by Crippen LogP contribution is 2.32. The normalized spacial score (nSPS) is 17.6. The van der Waals surface area contributed by atoms with Crippen LogP contribution in [0.5, 0.6) is 0 Å². The van der Waals surface area contributed by atoms with Gasteiger partial charge in [0.1, 0.15) is 0 Å². The van der Waals surface area contributed by atoms with Crippen molar-refractivity contribution in [1.29, 1.82) is 0 Å². The third-order valence-corrected chi connectivity index (χ3v) is 6.97. The lowest BCUT2D eigenvalue weighted by Gasteiger charge is -2.40. The number of nitrogens with zero attached hydrogens (tertiary/aromatic N) is 5. The van der Waals surface area contributed by atoms with Crippen molar-refractivity contribution < 1.29 is 14.3 Å². The van der Waals surface area contributed by atoms with Gasteiger partial charge in [-0.2, -0.15) is 5.10 Å². The lowest BCUT2D eigenvalue weighted by molar-refractivity contribution is -0.0644. The molecule has 202 valence electrons. The average molecular weight is 520 g/mol. The predicted molar refractivity (Wildman–Crippen MR) is 145 cm³/mol. The second-order valence-corrected chi connectivity index (χ2v) is 10.2. The Hall–Kier alpha value is -3.50. The summed E-state index contributed by atoms with van der Waals surface area (Å²) in [6.07, 6.45) is 9.84. The van der Waals surface area contributed by atoms with Crippen molar-refractivity contribution in [1.82, 2.24) is 30.0 Å². The molecule has 2 aliphatic rings. The number of anilines is 2. The zero-order valence-corrected chi connectivity index (χ0v) is 22.4. The summed E-state index contributed by atoms with van der Waals surface area (Å²) in [7, 11) is 1.67. The summed E-state index contributed by atoms with van der Waals surface area (Å²) in [6, 6.07) is 8.38. The Kier molecular flexibility index (Phi) is 8.19. The molecule has 1 aliphatic heterocycles. The van der Waals surface area contributed by atoms with E-state index in [4.69, 9.17) is 14.5 Å². The van der Waals surface area contributed by atoms with E-state index in [0.717, 1.165) is 42.6 Å². The summed E-state index contributed by atoms with van der Waals surface area (Å²) in [5, 5.41) is 10.8. The summed E-state index contributed by atoms with van der Waals surface area (Å²) in [5.74, 6) is 0.517. The Balaban J connectivity index is 1.26. The molecular weight excluding hydrogens is 482 g/mol.